The minimum Gasteiger partial charge on any atom is -0.344 e. The van der Waals surface area contributed by atoms with Crippen LogP contribution >= 0.6 is 0 Å². The normalized spacial score (nSPS) is 23.5. The van der Waals surface area contributed by atoms with Crippen LogP contribution in [-0.2, 0) is 10.0 Å². The zero-order valence-electron chi connectivity index (χ0n) is 15.8. The van der Waals surface area contributed by atoms with Gasteiger partial charge in [0.1, 0.15) is 5.54 Å². The lowest BCUT2D eigenvalue weighted by Gasteiger charge is -2.50. The van der Waals surface area contributed by atoms with E-state index in [0.29, 0.717) is 0 Å². The van der Waals surface area contributed by atoms with E-state index in [1.165, 1.54) is 6.26 Å². The summed E-state index contributed by atoms with van der Waals surface area (Å²) in [4.78, 5) is 1.97. The van der Waals surface area contributed by atoms with Gasteiger partial charge in [0.15, 0.2) is 5.66 Å². The van der Waals surface area contributed by atoms with E-state index in [-0.39, 0.29) is 0 Å². The number of para-hydroxylation sites is 1. The van der Waals surface area contributed by atoms with Crippen LogP contribution in [-0.4, -0.2) is 37.3 Å². The monoisotopic (exact) mass is 382 g/mol. The molecule has 2 aromatic rings. The topological polar surface area (TPSA) is 65.3 Å². The van der Waals surface area contributed by atoms with Crippen LogP contribution in [0.25, 0.3) is 5.57 Å². The van der Waals surface area contributed by atoms with Crippen molar-refractivity contribution in [2.45, 2.75) is 25.0 Å². The van der Waals surface area contributed by atoms with Gasteiger partial charge in [-0.2, -0.15) is 5.11 Å². The van der Waals surface area contributed by atoms with Crippen LogP contribution in [0.15, 0.2) is 71.0 Å². The van der Waals surface area contributed by atoms with E-state index in [1.807, 2.05) is 80.4 Å². The molecule has 1 spiro atoms. The zero-order chi connectivity index (χ0) is 19.4. The van der Waals surface area contributed by atoms with Crippen molar-refractivity contribution in [3.8, 4) is 0 Å². The number of nitrogens with zero attached hydrogens (tertiary/aromatic N) is 4. The summed E-state index contributed by atoms with van der Waals surface area (Å²) < 4.78 is 26.4. The average molecular weight is 382 g/mol. The van der Waals surface area contributed by atoms with Gasteiger partial charge in [0.05, 0.1) is 6.26 Å². The molecule has 2 aliphatic heterocycles. The van der Waals surface area contributed by atoms with Gasteiger partial charge in [-0.1, -0.05) is 53.8 Å². The highest BCUT2D eigenvalue weighted by molar-refractivity contribution is 7.88. The number of fused-ring (bicyclic) bond motifs is 1. The Morgan fingerprint density at radius 3 is 2.26 bits per heavy atom. The molecule has 0 radical (unpaired) electrons. The summed E-state index contributed by atoms with van der Waals surface area (Å²) in [5.74, 6) is 0. The van der Waals surface area contributed by atoms with Crippen molar-refractivity contribution in [1.29, 1.82) is 0 Å². The van der Waals surface area contributed by atoms with Crippen LogP contribution in [0.2, 0.25) is 0 Å². The first kappa shape index (κ1) is 17.7. The minimum atomic E-state index is -3.64. The fraction of sp³-hybridized carbons (Fsp3) is 0.300. The SMILES string of the molecule is CN1c2ccccc2C(c2ccccc2)=C[C@]12N(S(C)(=O)=O)N=NC2(C)C. The van der Waals surface area contributed by atoms with Gasteiger partial charge in [-0.3, -0.25) is 0 Å². The first-order valence-electron chi connectivity index (χ1n) is 8.73. The lowest BCUT2D eigenvalue weighted by atomic mass is 9.79. The van der Waals surface area contributed by atoms with E-state index in [4.69, 9.17) is 0 Å². The molecule has 0 unspecified atom stereocenters. The molecule has 0 aromatic heterocycles. The van der Waals surface area contributed by atoms with E-state index >= 15 is 0 Å². The van der Waals surface area contributed by atoms with Crippen molar-refractivity contribution in [3.05, 3.63) is 71.8 Å². The number of hydrogen-bond acceptors (Lipinski definition) is 5. The Hall–Kier alpha value is -2.67. The Morgan fingerprint density at radius 2 is 1.59 bits per heavy atom. The van der Waals surface area contributed by atoms with Crippen molar-refractivity contribution in [2.24, 2.45) is 10.3 Å². The Bertz CT molecular complexity index is 1060. The molecule has 1 atom stereocenters. The molecule has 6 nitrogen and oxygen atoms in total. The molecule has 0 bridgehead atoms. The van der Waals surface area contributed by atoms with E-state index in [1.54, 1.807) is 0 Å². The van der Waals surface area contributed by atoms with Gasteiger partial charge in [-0.05, 0) is 37.1 Å². The van der Waals surface area contributed by atoms with Crippen LogP contribution < -0.4 is 4.90 Å². The van der Waals surface area contributed by atoms with Crippen molar-refractivity contribution >= 4 is 21.3 Å². The van der Waals surface area contributed by atoms with Crippen LogP contribution in [0.5, 0.6) is 0 Å². The number of benzene rings is 2. The van der Waals surface area contributed by atoms with E-state index in [2.05, 4.69) is 16.4 Å². The number of rotatable bonds is 2. The van der Waals surface area contributed by atoms with Crippen LogP contribution in [0.4, 0.5) is 5.69 Å². The number of hydrogen-bond donors (Lipinski definition) is 0. The minimum absolute atomic E-state index is 0.779. The summed E-state index contributed by atoms with van der Waals surface area (Å²) in [6.07, 6.45) is 3.16. The van der Waals surface area contributed by atoms with Gasteiger partial charge in [0.2, 0.25) is 0 Å². The van der Waals surface area contributed by atoms with Crippen molar-refractivity contribution < 1.29 is 8.42 Å². The van der Waals surface area contributed by atoms with Crippen LogP contribution in [0, 0.1) is 0 Å². The van der Waals surface area contributed by atoms with Crippen molar-refractivity contribution in [2.75, 3.05) is 18.2 Å². The summed E-state index contributed by atoms with van der Waals surface area (Å²) in [6.45, 7) is 3.82. The summed E-state index contributed by atoms with van der Waals surface area (Å²) in [6, 6.07) is 18.0. The summed E-state index contributed by atoms with van der Waals surface area (Å²) in [5, 5.41) is 8.40. The Balaban J connectivity index is 2.07. The lowest BCUT2D eigenvalue weighted by molar-refractivity contribution is 0.208. The second kappa shape index (κ2) is 5.66. The van der Waals surface area contributed by atoms with E-state index in [0.717, 1.165) is 26.8 Å². The third kappa shape index (κ3) is 2.41. The molecule has 0 amide bonds. The molecule has 2 aliphatic rings. The Kier molecular flexibility index (Phi) is 3.72. The molecule has 0 saturated heterocycles. The maximum atomic E-state index is 12.6. The molecule has 140 valence electrons. The smallest absolute Gasteiger partial charge is 0.250 e. The van der Waals surface area contributed by atoms with Gasteiger partial charge in [0.25, 0.3) is 10.0 Å². The van der Waals surface area contributed by atoms with Gasteiger partial charge in [-0.15, -0.1) is 4.41 Å². The summed E-state index contributed by atoms with van der Waals surface area (Å²) >= 11 is 0. The predicted octanol–water partition coefficient (Wildman–Crippen LogP) is 3.69. The highest BCUT2D eigenvalue weighted by Gasteiger charge is 2.61. The third-order valence-corrected chi connectivity index (χ3v) is 6.36. The molecule has 0 aliphatic carbocycles. The van der Waals surface area contributed by atoms with Crippen LogP contribution in [0.1, 0.15) is 25.0 Å². The highest BCUT2D eigenvalue weighted by Crippen LogP contribution is 2.51. The molecule has 4 rings (SSSR count). The molecular formula is C20H22N4O2S. The third-order valence-electron chi connectivity index (χ3n) is 5.38. The molecule has 0 saturated carbocycles. The van der Waals surface area contributed by atoms with Crippen molar-refractivity contribution in [3.63, 3.8) is 0 Å². The maximum absolute atomic E-state index is 12.6. The number of sulfonamides is 1. The fourth-order valence-corrected chi connectivity index (χ4v) is 5.10. The second-order valence-corrected chi connectivity index (χ2v) is 9.29. The largest absolute Gasteiger partial charge is 0.344 e. The molecule has 27 heavy (non-hydrogen) atoms. The van der Waals surface area contributed by atoms with Gasteiger partial charge in [0, 0.05) is 18.3 Å². The quantitative estimate of drug-likeness (QED) is 0.796. The number of likely N-dealkylation sites (N-methyl/N-ethyl adjacent to an activating group) is 1. The average Bonchev–Trinajstić information content (AvgIpc) is 2.90. The molecule has 0 fully saturated rings. The maximum Gasteiger partial charge on any atom is 0.250 e. The van der Waals surface area contributed by atoms with Gasteiger partial charge < -0.3 is 4.90 Å². The molecule has 0 N–H and O–H groups in total. The zero-order valence-corrected chi connectivity index (χ0v) is 16.6. The number of anilines is 1. The fourth-order valence-electron chi connectivity index (χ4n) is 4.03. The first-order chi connectivity index (χ1) is 12.7. The van der Waals surface area contributed by atoms with Crippen LogP contribution in [0.3, 0.4) is 0 Å². The second-order valence-electron chi connectivity index (χ2n) is 7.48. The van der Waals surface area contributed by atoms with Gasteiger partial charge in [-0.25, -0.2) is 8.42 Å². The lowest BCUT2D eigenvalue weighted by Crippen LogP contribution is -2.66. The predicted molar refractivity (Wildman–Crippen MR) is 107 cm³/mol. The van der Waals surface area contributed by atoms with E-state index < -0.39 is 21.2 Å². The summed E-state index contributed by atoms with van der Waals surface area (Å²) in [7, 11) is -1.74. The standard InChI is InChI=1S/C20H22N4O2S/c1-19(2)20(24(22-21-19)27(4,25)26)14-17(15-10-6-5-7-11-15)16-12-8-9-13-18(16)23(20)3/h5-14H,1-4H3/t20-/m1/s1. The molecule has 2 heterocycles. The van der Waals surface area contributed by atoms with Gasteiger partial charge >= 0.3 is 0 Å². The first-order valence-corrected chi connectivity index (χ1v) is 10.6. The summed E-state index contributed by atoms with van der Waals surface area (Å²) in [5.41, 5.74) is 2.13. The molecular weight excluding hydrogens is 360 g/mol. The molecule has 7 heteroatoms. The van der Waals surface area contributed by atoms with E-state index in [9.17, 15) is 8.42 Å². The highest BCUT2D eigenvalue weighted by atomic mass is 32.2. The Morgan fingerprint density at radius 1 is 0.963 bits per heavy atom. The molecule has 2 aromatic carbocycles. The Labute approximate surface area is 159 Å². The van der Waals surface area contributed by atoms with Crippen molar-refractivity contribution in [1.82, 2.24) is 4.41 Å².